The Balaban J connectivity index is 1.77. The Morgan fingerprint density at radius 2 is 2.08 bits per heavy atom. The van der Waals surface area contributed by atoms with Crippen LogP contribution in [-0.4, -0.2) is 43.6 Å². The van der Waals surface area contributed by atoms with E-state index >= 15 is 0 Å². The van der Waals surface area contributed by atoms with Crippen LogP contribution >= 0.6 is 0 Å². The molecule has 0 aromatic heterocycles. The van der Waals surface area contributed by atoms with Gasteiger partial charge in [0.25, 0.3) is 5.91 Å². The van der Waals surface area contributed by atoms with Crippen molar-refractivity contribution < 1.29 is 14.3 Å². The highest BCUT2D eigenvalue weighted by molar-refractivity contribution is 5.77. The molecule has 1 saturated carbocycles. The number of hydrogen-bond acceptors (Lipinski definition) is 3. The van der Waals surface area contributed by atoms with Crippen LogP contribution in [0.1, 0.15) is 38.2 Å². The average Bonchev–Trinajstić information content (AvgIpc) is 2.58. The number of urea groups is 1. The molecule has 6 heteroatoms. The number of carbonyl (C=O) groups is 2. The van der Waals surface area contributed by atoms with Crippen molar-refractivity contribution in [3.63, 3.8) is 0 Å². The van der Waals surface area contributed by atoms with Crippen molar-refractivity contribution in [3.05, 3.63) is 29.8 Å². The summed E-state index contributed by atoms with van der Waals surface area (Å²) in [6, 6.07) is 7.56. The van der Waals surface area contributed by atoms with Crippen LogP contribution in [0.4, 0.5) is 4.79 Å². The lowest BCUT2D eigenvalue weighted by Crippen LogP contribution is -2.43. The molecule has 138 valence electrons. The summed E-state index contributed by atoms with van der Waals surface area (Å²) < 4.78 is 5.49. The summed E-state index contributed by atoms with van der Waals surface area (Å²) in [6.07, 6.45) is 4.54. The number of benzene rings is 1. The van der Waals surface area contributed by atoms with Crippen molar-refractivity contribution in [2.45, 2.75) is 45.2 Å². The Morgan fingerprint density at radius 3 is 2.80 bits per heavy atom. The van der Waals surface area contributed by atoms with Crippen molar-refractivity contribution in [1.29, 1.82) is 0 Å². The lowest BCUT2D eigenvalue weighted by atomic mass is 9.87. The minimum atomic E-state index is -0.131. The molecule has 6 nitrogen and oxygen atoms in total. The number of ether oxygens (including phenoxy) is 1. The fourth-order valence-corrected chi connectivity index (χ4v) is 3.00. The summed E-state index contributed by atoms with van der Waals surface area (Å²) in [5, 5.41) is 5.95. The van der Waals surface area contributed by atoms with E-state index in [1.54, 1.807) is 20.2 Å². The van der Waals surface area contributed by atoms with Crippen LogP contribution in [0, 0.1) is 5.92 Å². The molecule has 1 aliphatic carbocycles. The quantitative estimate of drug-likeness (QED) is 0.831. The van der Waals surface area contributed by atoms with Crippen LogP contribution in [0.25, 0.3) is 0 Å². The van der Waals surface area contributed by atoms with Gasteiger partial charge >= 0.3 is 6.03 Å². The first kappa shape index (κ1) is 19.1. The Morgan fingerprint density at radius 1 is 1.28 bits per heavy atom. The second kappa shape index (κ2) is 9.30. The van der Waals surface area contributed by atoms with Crippen LogP contribution in [0.15, 0.2) is 24.3 Å². The molecule has 2 rings (SSSR count). The van der Waals surface area contributed by atoms with Crippen molar-refractivity contribution in [2.24, 2.45) is 5.92 Å². The highest BCUT2D eigenvalue weighted by atomic mass is 16.5. The zero-order chi connectivity index (χ0) is 18.2. The smallest absolute Gasteiger partial charge is 0.315 e. The zero-order valence-corrected chi connectivity index (χ0v) is 15.4. The van der Waals surface area contributed by atoms with Gasteiger partial charge in [-0.2, -0.15) is 0 Å². The number of nitrogens with one attached hydrogen (secondary N) is 2. The van der Waals surface area contributed by atoms with Crippen molar-refractivity contribution in [2.75, 3.05) is 20.7 Å². The number of carbonyl (C=O) groups excluding carboxylic acids is 2. The molecule has 2 atom stereocenters. The van der Waals surface area contributed by atoms with Gasteiger partial charge in [0.1, 0.15) is 5.75 Å². The molecular formula is C19H29N3O3. The first-order chi connectivity index (χ1) is 11.9. The van der Waals surface area contributed by atoms with Crippen LogP contribution in [0.2, 0.25) is 0 Å². The van der Waals surface area contributed by atoms with E-state index in [4.69, 9.17) is 4.74 Å². The van der Waals surface area contributed by atoms with E-state index in [9.17, 15) is 9.59 Å². The SMILES string of the molecule is CC1CCCC(NC(=O)NCc2cccc(OCC(=O)N(C)C)c2)C1. The third-order valence-electron chi connectivity index (χ3n) is 4.48. The Hall–Kier alpha value is -2.24. The summed E-state index contributed by atoms with van der Waals surface area (Å²) in [5.41, 5.74) is 0.932. The van der Waals surface area contributed by atoms with Gasteiger partial charge < -0.3 is 20.3 Å². The fourth-order valence-electron chi connectivity index (χ4n) is 3.00. The molecule has 0 aliphatic heterocycles. The maximum Gasteiger partial charge on any atom is 0.315 e. The number of amides is 3. The Bertz CT molecular complexity index is 589. The highest BCUT2D eigenvalue weighted by Gasteiger charge is 2.20. The topological polar surface area (TPSA) is 70.7 Å². The molecular weight excluding hydrogens is 318 g/mol. The molecule has 3 amide bonds. The lowest BCUT2D eigenvalue weighted by molar-refractivity contribution is -0.130. The van der Waals surface area contributed by atoms with Gasteiger partial charge in [-0.1, -0.05) is 31.9 Å². The normalized spacial score (nSPS) is 19.8. The largest absolute Gasteiger partial charge is 0.484 e. The first-order valence-electron chi connectivity index (χ1n) is 8.90. The molecule has 0 radical (unpaired) electrons. The maximum absolute atomic E-state index is 12.1. The third kappa shape index (κ3) is 6.64. The lowest BCUT2D eigenvalue weighted by Gasteiger charge is -2.27. The van der Waals surface area contributed by atoms with Crippen molar-refractivity contribution in [1.82, 2.24) is 15.5 Å². The molecule has 0 spiro atoms. The van der Waals surface area contributed by atoms with Gasteiger partial charge in [-0.25, -0.2) is 4.79 Å². The molecule has 2 unspecified atom stereocenters. The number of rotatable bonds is 6. The van der Waals surface area contributed by atoms with E-state index in [1.165, 1.54) is 17.7 Å². The van der Waals surface area contributed by atoms with Crippen LogP contribution in [0.5, 0.6) is 5.75 Å². The van der Waals surface area contributed by atoms with Crippen LogP contribution < -0.4 is 15.4 Å². The average molecular weight is 347 g/mol. The molecule has 1 aliphatic rings. The Labute approximate surface area is 149 Å². The van der Waals surface area contributed by atoms with Crippen LogP contribution in [0.3, 0.4) is 0 Å². The summed E-state index contributed by atoms with van der Waals surface area (Å²) >= 11 is 0. The maximum atomic E-state index is 12.1. The highest BCUT2D eigenvalue weighted by Crippen LogP contribution is 2.23. The number of nitrogens with zero attached hydrogens (tertiary/aromatic N) is 1. The van der Waals surface area contributed by atoms with E-state index in [2.05, 4.69) is 17.6 Å². The predicted octanol–water partition coefficient (Wildman–Crippen LogP) is 2.53. The summed E-state index contributed by atoms with van der Waals surface area (Å²) in [4.78, 5) is 25.1. The second-order valence-corrected chi connectivity index (χ2v) is 7.02. The summed E-state index contributed by atoms with van der Waals surface area (Å²) in [7, 11) is 3.38. The molecule has 1 fully saturated rings. The monoisotopic (exact) mass is 347 g/mol. The molecule has 2 N–H and O–H groups in total. The van der Waals surface area contributed by atoms with E-state index in [0.717, 1.165) is 18.4 Å². The third-order valence-corrected chi connectivity index (χ3v) is 4.48. The molecule has 0 bridgehead atoms. The number of hydrogen-bond donors (Lipinski definition) is 2. The molecule has 1 aromatic rings. The number of likely N-dealkylation sites (N-methyl/N-ethyl adjacent to an activating group) is 1. The van der Waals surface area contributed by atoms with E-state index in [-0.39, 0.29) is 24.6 Å². The van der Waals surface area contributed by atoms with Crippen molar-refractivity contribution >= 4 is 11.9 Å². The van der Waals surface area contributed by atoms with Gasteiger partial charge in [-0.3, -0.25) is 4.79 Å². The minimum absolute atomic E-state index is 0.00420. The van der Waals surface area contributed by atoms with Crippen LogP contribution in [-0.2, 0) is 11.3 Å². The second-order valence-electron chi connectivity index (χ2n) is 7.02. The first-order valence-corrected chi connectivity index (χ1v) is 8.90. The van der Waals surface area contributed by atoms with Gasteiger partial charge in [0, 0.05) is 26.7 Å². The predicted molar refractivity (Wildman–Crippen MR) is 97.4 cm³/mol. The summed E-state index contributed by atoms with van der Waals surface area (Å²) in [5.74, 6) is 1.21. The van der Waals surface area contributed by atoms with E-state index in [1.807, 2.05) is 18.2 Å². The van der Waals surface area contributed by atoms with E-state index < -0.39 is 0 Å². The van der Waals surface area contributed by atoms with Crippen molar-refractivity contribution in [3.8, 4) is 5.75 Å². The molecule has 1 aromatic carbocycles. The van der Waals surface area contributed by atoms with Gasteiger partial charge in [0.05, 0.1) is 0 Å². The minimum Gasteiger partial charge on any atom is -0.484 e. The van der Waals surface area contributed by atoms with Gasteiger partial charge in [0.15, 0.2) is 6.61 Å². The molecule has 0 saturated heterocycles. The standard InChI is InChI=1S/C19H29N3O3/c1-14-6-4-8-16(10-14)21-19(24)20-12-15-7-5-9-17(11-15)25-13-18(23)22(2)3/h5,7,9,11,14,16H,4,6,8,10,12-13H2,1-3H3,(H2,20,21,24). The fraction of sp³-hybridized carbons (Fsp3) is 0.579. The van der Waals surface area contributed by atoms with E-state index in [0.29, 0.717) is 18.2 Å². The molecule has 25 heavy (non-hydrogen) atoms. The van der Waals surface area contributed by atoms with Gasteiger partial charge in [0.2, 0.25) is 0 Å². The van der Waals surface area contributed by atoms with Gasteiger partial charge in [-0.05, 0) is 36.5 Å². The zero-order valence-electron chi connectivity index (χ0n) is 15.4. The van der Waals surface area contributed by atoms with Gasteiger partial charge in [-0.15, -0.1) is 0 Å². The summed E-state index contributed by atoms with van der Waals surface area (Å²) in [6.45, 7) is 2.66. The molecule has 0 heterocycles. The Kier molecular flexibility index (Phi) is 7.10.